The van der Waals surface area contributed by atoms with Crippen LogP contribution in [0.25, 0.3) is 0 Å². The van der Waals surface area contributed by atoms with Crippen LogP contribution in [0.2, 0.25) is 0 Å². The predicted molar refractivity (Wildman–Crippen MR) is 79.1 cm³/mol. The molecule has 0 aliphatic carbocycles. The van der Waals surface area contributed by atoms with Crippen LogP contribution in [0.3, 0.4) is 0 Å². The summed E-state index contributed by atoms with van der Waals surface area (Å²) in [5.41, 5.74) is 0.595. The van der Waals surface area contributed by atoms with Crippen molar-refractivity contribution in [3.63, 3.8) is 0 Å². The van der Waals surface area contributed by atoms with Gasteiger partial charge in [-0.25, -0.2) is 13.8 Å². The first-order chi connectivity index (χ1) is 11.1. The Labute approximate surface area is 136 Å². The van der Waals surface area contributed by atoms with E-state index < -0.39 is 18.1 Å². The van der Waals surface area contributed by atoms with E-state index in [0.29, 0.717) is 17.4 Å². The Balaban J connectivity index is 1.76. The molecule has 1 fully saturated rings. The SMILES string of the molecule is CC1=CC(N2CCC(F)(F)CC2)=NC2=CCN(C(C)C(F)(F)F)N12. The molecular weight excluding hydrogens is 331 g/mol. The van der Waals surface area contributed by atoms with E-state index in [1.807, 2.05) is 0 Å². The lowest BCUT2D eigenvalue weighted by atomic mass is 10.1. The van der Waals surface area contributed by atoms with Gasteiger partial charge >= 0.3 is 6.18 Å². The summed E-state index contributed by atoms with van der Waals surface area (Å²) in [4.78, 5) is 6.14. The monoisotopic (exact) mass is 350 g/mol. The average Bonchev–Trinajstić information content (AvgIpc) is 2.89. The van der Waals surface area contributed by atoms with Crippen molar-refractivity contribution in [2.45, 2.75) is 44.8 Å². The highest BCUT2D eigenvalue weighted by Gasteiger charge is 2.45. The minimum absolute atomic E-state index is 0.107. The predicted octanol–water partition coefficient (Wildman–Crippen LogP) is 3.36. The van der Waals surface area contributed by atoms with Gasteiger partial charge in [-0.05, 0) is 19.9 Å². The molecule has 0 radical (unpaired) electrons. The summed E-state index contributed by atoms with van der Waals surface area (Å²) in [6.07, 6.45) is -1.54. The first-order valence-electron chi connectivity index (χ1n) is 7.82. The Morgan fingerprint density at radius 1 is 1.21 bits per heavy atom. The number of likely N-dealkylation sites (tertiary alicyclic amines) is 1. The highest BCUT2D eigenvalue weighted by Crippen LogP contribution is 2.35. The van der Waals surface area contributed by atoms with Gasteiger partial charge in [0.15, 0.2) is 0 Å². The lowest BCUT2D eigenvalue weighted by Crippen LogP contribution is -2.50. The Kier molecular flexibility index (Phi) is 4.09. The second kappa shape index (κ2) is 5.72. The Hall–Kier alpha value is -1.64. The highest BCUT2D eigenvalue weighted by molar-refractivity contribution is 5.95. The maximum absolute atomic E-state index is 13.3. The number of allylic oxidation sites excluding steroid dienone is 1. The van der Waals surface area contributed by atoms with Crippen LogP contribution in [-0.4, -0.2) is 58.5 Å². The zero-order valence-corrected chi connectivity index (χ0v) is 13.4. The molecule has 0 amide bonds. The summed E-state index contributed by atoms with van der Waals surface area (Å²) in [7, 11) is 0. The molecule has 1 saturated heterocycles. The number of hydrazine groups is 1. The molecule has 0 aromatic carbocycles. The van der Waals surface area contributed by atoms with Crippen molar-refractivity contribution >= 4 is 5.84 Å². The summed E-state index contributed by atoms with van der Waals surface area (Å²) >= 11 is 0. The van der Waals surface area contributed by atoms with Crippen molar-refractivity contribution in [1.29, 1.82) is 0 Å². The van der Waals surface area contributed by atoms with E-state index in [1.54, 1.807) is 24.0 Å². The minimum atomic E-state index is -4.34. The topological polar surface area (TPSA) is 22.1 Å². The molecule has 3 aliphatic rings. The molecule has 0 aromatic heterocycles. The van der Waals surface area contributed by atoms with Crippen LogP contribution in [-0.2, 0) is 0 Å². The summed E-state index contributed by atoms with van der Waals surface area (Å²) in [6, 6.07) is -1.64. The molecule has 0 aromatic rings. The molecule has 0 saturated carbocycles. The fourth-order valence-electron chi connectivity index (χ4n) is 3.07. The van der Waals surface area contributed by atoms with Gasteiger partial charge in [-0.1, -0.05) is 0 Å². The molecular formula is C15H19F5N4. The number of aliphatic imine (C=N–C) groups is 1. The van der Waals surface area contributed by atoms with Gasteiger partial charge in [0.25, 0.3) is 5.92 Å². The van der Waals surface area contributed by atoms with Crippen molar-refractivity contribution in [3.8, 4) is 0 Å². The van der Waals surface area contributed by atoms with E-state index in [0.717, 1.165) is 6.92 Å². The van der Waals surface area contributed by atoms with Crippen LogP contribution < -0.4 is 0 Å². The van der Waals surface area contributed by atoms with Crippen LogP contribution in [0.15, 0.2) is 28.7 Å². The van der Waals surface area contributed by atoms with Crippen molar-refractivity contribution in [3.05, 3.63) is 23.7 Å². The number of fused-ring (bicyclic) bond motifs is 1. The number of hydrogen-bond acceptors (Lipinski definition) is 4. The van der Waals surface area contributed by atoms with Gasteiger partial charge in [-0.3, -0.25) is 5.01 Å². The number of halogens is 5. The van der Waals surface area contributed by atoms with Crippen LogP contribution >= 0.6 is 0 Å². The quantitative estimate of drug-likeness (QED) is 0.677. The van der Waals surface area contributed by atoms with E-state index >= 15 is 0 Å². The Bertz CT molecular complexity index is 597. The molecule has 1 atom stereocenters. The smallest absolute Gasteiger partial charge is 0.356 e. The highest BCUT2D eigenvalue weighted by atomic mass is 19.4. The van der Waals surface area contributed by atoms with Crippen molar-refractivity contribution in [2.75, 3.05) is 19.6 Å². The molecule has 0 spiro atoms. The standard InChI is InChI=1S/C15H19F5N4/c1-10-9-13(22-7-4-14(16,17)5-8-22)21-12-3-6-23(24(10)12)11(2)15(18,19)20/h3,9,11H,4-8H2,1-2H3. The second-order valence-electron chi connectivity index (χ2n) is 6.31. The molecule has 24 heavy (non-hydrogen) atoms. The van der Waals surface area contributed by atoms with Gasteiger partial charge in [0.05, 0.1) is 0 Å². The maximum atomic E-state index is 13.3. The van der Waals surface area contributed by atoms with Crippen molar-refractivity contribution in [1.82, 2.24) is 14.9 Å². The van der Waals surface area contributed by atoms with Gasteiger partial charge in [-0.2, -0.15) is 18.2 Å². The molecule has 4 nitrogen and oxygen atoms in total. The van der Waals surface area contributed by atoms with E-state index in [1.165, 1.54) is 10.0 Å². The molecule has 9 heteroatoms. The number of piperidine rings is 1. The van der Waals surface area contributed by atoms with E-state index in [2.05, 4.69) is 4.99 Å². The fraction of sp³-hybridized carbons (Fsp3) is 0.667. The van der Waals surface area contributed by atoms with E-state index in [9.17, 15) is 22.0 Å². The van der Waals surface area contributed by atoms with Gasteiger partial charge in [-0.15, -0.1) is 0 Å². The van der Waals surface area contributed by atoms with Crippen LogP contribution in [0.4, 0.5) is 22.0 Å². The molecule has 0 N–H and O–H groups in total. The lowest BCUT2D eigenvalue weighted by molar-refractivity contribution is -0.201. The Morgan fingerprint density at radius 2 is 1.83 bits per heavy atom. The maximum Gasteiger partial charge on any atom is 0.405 e. The molecule has 0 bridgehead atoms. The van der Waals surface area contributed by atoms with Gasteiger partial charge in [0.1, 0.15) is 17.7 Å². The average molecular weight is 350 g/mol. The van der Waals surface area contributed by atoms with Crippen LogP contribution in [0.1, 0.15) is 26.7 Å². The number of nitrogens with zero attached hydrogens (tertiary/aromatic N) is 4. The third-order valence-electron chi connectivity index (χ3n) is 4.58. The summed E-state index contributed by atoms with van der Waals surface area (Å²) in [5.74, 6) is -1.70. The van der Waals surface area contributed by atoms with E-state index in [4.69, 9.17) is 0 Å². The number of amidine groups is 1. The number of rotatable bonds is 1. The summed E-state index contributed by atoms with van der Waals surface area (Å²) in [6.45, 7) is 3.28. The third kappa shape index (κ3) is 3.13. The molecule has 3 heterocycles. The molecule has 3 aliphatic heterocycles. The van der Waals surface area contributed by atoms with Gasteiger partial charge in [0.2, 0.25) is 0 Å². The zero-order chi connectivity index (χ0) is 17.7. The molecule has 134 valence electrons. The zero-order valence-electron chi connectivity index (χ0n) is 13.4. The van der Waals surface area contributed by atoms with Crippen molar-refractivity contribution < 1.29 is 22.0 Å². The number of hydrogen-bond donors (Lipinski definition) is 0. The van der Waals surface area contributed by atoms with E-state index in [-0.39, 0.29) is 32.5 Å². The van der Waals surface area contributed by atoms with Gasteiger partial charge < -0.3 is 4.90 Å². The third-order valence-corrected chi connectivity index (χ3v) is 4.58. The fourth-order valence-corrected chi connectivity index (χ4v) is 3.07. The van der Waals surface area contributed by atoms with Crippen LogP contribution in [0, 0.1) is 0 Å². The minimum Gasteiger partial charge on any atom is -0.356 e. The summed E-state index contributed by atoms with van der Waals surface area (Å²) < 4.78 is 65.6. The van der Waals surface area contributed by atoms with Crippen LogP contribution in [0.5, 0.6) is 0 Å². The first-order valence-corrected chi connectivity index (χ1v) is 7.82. The molecule has 3 rings (SSSR count). The molecule has 1 unspecified atom stereocenters. The second-order valence-corrected chi connectivity index (χ2v) is 6.31. The lowest BCUT2D eigenvalue weighted by Gasteiger charge is -2.40. The summed E-state index contributed by atoms with van der Waals surface area (Å²) in [5, 5.41) is 2.64. The largest absolute Gasteiger partial charge is 0.405 e. The normalized spacial score (nSPS) is 25.9. The Morgan fingerprint density at radius 3 is 2.42 bits per heavy atom. The number of alkyl halides is 5. The van der Waals surface area contributed by atoms with Crippen molar-refractivity contribution in [2.24, 2.45) is 4.99 Å². The van der Waals surface area contributed by atoms with Gasteiger partial charge in [0, 0.05) is 44.2 Å². The first kappa shape index (κ1) is 17.2.